The number of carbonyl (C=O) groups is 2. The molecule has 0 radical (unpaired) electrons. The molecule has 58 heavy (non-hydrogen) atoms. The van der Waals surface area contributed by atoms with E-state index in [1.165, 1.54) is 36.1 Å². The molecule has 2 aliphatic heterocycles. The van der Waals surface area contributed by atoms with Gasteiger partial charge in [-0.2, -0.15) is 5.10 Å². The van der Waals surface area contributed by atoms with Crippen molar-refractivity contribution in [1.82, 2.24) is 34.8 Å². The summed E-state index contributed by atoms with van der Waals surface area (Å²) in [5.74, 6) is 0.704. The zero-order chi connectivity index (χ0) is 40.5. The summed E-state index contributed by atoms with van der Waals surface area (Å²) >= 11 is 0. The first kappa shape index (κ1) is 41.6. The number of nitrogens with zero attached hydrogens (tertiary/aromatic N) is 5. The Morgan fingerprint density at radius 1 is 1.07 bits per heavy atom. The summed E-state index contributed by atoms with van der Waals surface area (Å²) in [6, 6.07) is 16.6. The molecule has 3 aliphatic rings. The van der Waals surface area contributed by atoms with E-state index in [-0.39, 0.29) is 35.3 Å². The number of nitrogens with one attached hydrogen (secondary N) is 2. The zero-order valence-electron chi connectivity index (χ0n) is 33.7. The van der Waals surface area contributed by atoms with Crippen LogP contribution in [-0.4, -0.2) is 136 Å². The van der Waals surface area contributed by atoms with Crippen molar-refractivity contribution in [2.75, 3.05) is 78.7 Å². The van der Waals surface area contributed by atoms with Crippen molar-refractivity contribution in [2.24, 2.45) is 5.92 Å². The van der Waals surface area contributed by atoms with Gasteiger partial charge >= 0.3 is 0 Å². The fraction of sp³-hybridized carbons (Fsp3) is 0.545. The van der Waals surface area contributed by atoms with Gasteiger partial charge in [0.25, 0.3) is 5.91 Å². The van der Waals surface area contributed by atoms with Gasteiger partial charge in [0.2, 0.25) is 11.5 Å². The number of benzene rings is 2. The first-order valence-electron chi connectivity index (χ1n) is 21.0. The maximum absolute atomic E-state index is 13.3. The minimum Gasteiger partial charge on any atom is -0.506 e. The number of H-pyrrole nitrogens is 1. The van der Waals surface area contributed by atoms with Crippen LogP contribution in [-0.2, 0) is 33.7 Å². The van der Waals surface area contributed by atoms with E-state index in [1.54, 1.807) is 17.0 Å². The first-order valence-corrected chi connectivity index (χ1v) is 21.0. The average molecular weight is 798 g/mol. The summed E-state index contributed by atoms with van der Waals surface area (Å²) < 4.78 is 14.2. The van der Waals surface area contributed by atoms with Crippen LogP contribution in [0.25, 0.3) is 10.9 Å². The van der Waals surface area contributed by atoms with Gasteiger partial charge in [0, 0.05) is 76.6 Å². The standard InChI is InChI=1S/C44H59N7O7/c1-2-49(23-18-45-29-39(53)35-8-10-38(52)42-36(35)9-11-40(54)46-42)41(55)15-26-57-25-14-33-5-3-4-32(28-33)12-19-48-21-16-44(17-22-48)31-50(24-27-58-44)43(56)37-13-20-51(47-37)30-34-6-7-34/h3-5,8-11,13,20,28,34,39,45,52-53H,2,6-7,12,14-19,21-27,29-31H2,1H3,(H,46,54)/t39-/m0/s1. The smallest absolute Gasteiger partial charge is 0.274 e. The zero-order valence-corrected chi connectivity index (χ0v) is 33.7. The number of aromatic amines is 1. The third kappa shape index (κ3) is 10.9. The van der Waals surface area contributed by atoms with Crippen LogP contribution in [0.2, 0.25) is 0 Å². The number of likely N-dealkylation sites (tertiary alicyclic amines) is 1. The Morgan fingerprint density at radius 3 is 2.67 bits per heavy atom. The molecule has 1 atom stereocenters. The Morgan fingerprint density at radius 2 is 1.88 bits per heavy atom. The lowest BCUT2D eigenvalue weighted by atomic mass is 9.89. The predicted molar refractivity (Wildman–Crippen MR) is 221 cm³/mol. The van der Waals surface area contributed by atoms with Crippen molar-refractivity contribution in [3.8, 4) is 5.75 Å². The lowest BCUT2D eigenvalue weighted by Gasteiger charge is -2.47. The maximum atomic E-state index is 13.3. The lowest BCUT2D eigenvalue weighted by Crippen LogP contribution is -2.58. The molecule has 7 rings (SSSR count). The Kier molecular flexibility index (Phi) is 13.9. The Labute approximate surface area is 340 Å². The quantitative estimate of drug-likeness (QED) is 0.103. The SMILES string of the molecule is CCN(CCNC[C@H](O)c1ccc(O)c2[nH]c(=O)ccc12)C(=O)CCOCCc1cccc(CCN2CCC3(CC2)CN(C(=O)c2ccn(CC4CC4)n2)CCO3)c1. The van der Waals surface area contributed by atoms with Gasteiger partial charge in [0.1, 0.15) is 11.4 Å². The summed E-state index contributed by atoms with van der Waals surface area (Å²) in [4.78, 5) is 46.8. The van der Waals surface area contributed by atoms with Crippen LogP contribution in [0.1, 0.15) is 72.3 Å². The number of aromatic hydroxyl groups is 1. The van der Waals surface area contributed by atoms with Gasteiger partial charge in [0.05, 0.1) is 50.0 Å². The second-order valence-corrected chi connectivity index (χ2v) is 16.1. The molecule has 2 aromatic carbocycles. The molecule has 312 valence electrons. The van der Waals surface area contributed by atoms with E-state index in [1.807, 2.05) is 28.8 Å². The van der Waals surface area contributed by atoms with Crippen LogP contribution < -0.4 is 10.9 Å². The topological polar surface area (TPSA) is 165 Å². The number of phenols is 1. The molecule has 2 aromatic heterocycles. The number of likely N-dealkylation sites (N-methyl/N-ethyl adjacent to an activating group) is 1. The molecule has 4 N–H and O–H groups in total. The molecule has 14 heteroatoms. The van der Waals surface area contributed by atoms with Crippen LogP contribution in [0.4, 0.5) is 0 Å². The van der Waals surface area contributed by atoms with Crippen LogP contribution >= 0.6 is 0 Å². The second-order valence-electron chi connectivity index (χ2n) is 16.1. The molecule has 1 saturated carbocycles. The lowest BCUT2D eigenvalue weighted by molar-refractivity contribution is -0.132. The average Bonchev–Trinajstić information content (AvgIpc) is 3.93. The van der Waals surface area contributed by atoms with E-state index in [0.717, 1.165) is 51.9 Å². The maximum Gasteiger partial charge on any atom is 0.274 e. The van der Waals surface area contributed by atoms with Crippen LogP contribution in [0.15, 0.2) is 65.6 Å². The number of fused-ring (bicyclic) bond motifs is 1. The van der Waals surface area contributed by atoms with Crippen LogP contribution in [0, 0.1) is 5.92 Å². The number of carbonyl (C=O) groups excluding carboxylic acids is 2. The summed E-state index contributed by atoms with van der Waals surface area (Å²) in [7, 11) is 0. The number of ether oxygens (including phenoxy) is 2. The van der Waals surface area contributed by atoms with Crippen molar-refractivity contribution >= 4 is 22.7 Å². The van der Waals surface area contributed by atoms with Crippen molar-refractivity contribution in [3.63, 3.8) is 0 Å². The third-order valence-electron chi connectivity index (χ3n) is 11.9. The number of pyridine rings is 1. The number of phenolic OH excluding ortho intramolecular Hbond substituents is 1. The van der Waals surface area contributed by atoms with Gasteiger partial charge in [-0.05, 0) is 86.3 Å². The van der Waals surface area contributed by atoms with Gasteiger partial charge in [-0.3, -0.25) is 19.1 Å². The Bertz CT molecular complexity index is 2050. The van der Waals surface area contributed by atoms with Crippen LogP contribution in [0.5, 0.6) is 5.75 Å². The molecule has 14 nitrogen and oxygen atoms in total. The highest BCUT2D eigenvalue weighted by Gasteiger charge is 2.41. The van der Waals surface area contributed by atoms with E-state index in [9.17, 15) is 24.6 Å². The monoisotopic (exact) mass is 797 g/mol. The largest absolute Gasteiger partial charge is 0.506 e. The first-order chi connectivity index (χ1) is 28.2. The highest BCUT2D eigenvalue weighted by molar-refractivity contribution is 5.92. The summed E-state index contributed by atoms with van der Waals surface area (Å²) in [6.45, 7) is 10.3. The summed E-state index contributed by atoms with van der Waals surface area (Å²) in [5, 5.41) is 29.3. The van der Waals surface area contributed by atoms with Gasteiger partial charge in [-0.15, -0.1) is 0 Å². The van der Waals surface area contributed by atoms with Crippen molar-refractivity contribution in [1.29, 1.82) is 0 Å². The number of hydrogen-bond donors (Lipinski definition) is 4. The van der Waals surface area contributed by atoms with Gasteiger partial charge in [0.15, 0.2) is 0 Å². The highest BCUT2D eigenvalue weighted by atomic mass is 16.5. The summed E-state index contributed by atoms with van der Waals surface area (Å²) in [5.41, 5.74) is 3.34. The second kappa shape index (κ2) is 19.4. The molecule has 0 bridgehead atoms. The van der Waals surface area contributed by atoms with E-state index in [0.29, 0.717) is 87.0 Å². The number of aliphatic hydroxyl groups excluding tert-OH is 1. The highest BCUT2D eigenvalue weighted by Crippen LogP contribution is 2.32. The molecule has 1 spiro atoms. The minimum atomic E-state index is -0.861. The van der Waals surface area contributed by atoms with E-state index in [2.05, 4.69) is 44.6 Å². The van der Waals surface area contributed by atoms with Crippen molar-refractivity contribution in [2.45, 2.75) is 70.1 Å². The van der Waals surface area contributed by atoms with Gasteiger partial charge in [-0.25, -0.2) is 0 Å². The number of aromatic nitrogens is 3. The normalized spacial score (nSPS) is 17.5. The molecule has 3 fully saturated rings. The van der Waals surface area contributed by atoms with Gasteiger partial charge in [-0.1, -0.05) is 30.3 Å². The fourth-order valence-electron chi connectivity index (χ4n) is 8.22. The molecule has 4 heterocycles. The van der Waals surface area contributed by atoms with Gasteiger partial charge < -0.3 is 44.7 Å². The minimum absolute atomic E-state index is 0.0146. The third-order valence-corrected chi connectivity index (χ3v) is 11.9. The molecule has 1 aliphatic carbocycles. The number of piperidine rings is 1. The predicted octanol–water partition coefficient (Wildman–Crippen LogP) is 3.51. The number of rotatable bonds is 19. The van der Waals surface area contributed by atoms with Crippen LogP contribution in [0.3, 0.4) is 0 Å². The summed E-state index contributed by atoms with van der Waals surface area (Å²) in [6.07, 6.45) is 7.45. The molecule has 4 aromatic rings. The number of morpholine rings is 1. The number of hydrogen-bond acceptors (Lipinski definition) is 10. The number of amides is 2. The Balaban J connectivity index is 0.763. The van der Waals surface area contributed by atoms with E-state index >= 15 is 0 Å². The molecule has 2 saturated heterocycles. The van der Waals surface area contributed by atoms with Crippen molar-refractivity contribution in [3.05, 3.63) is 93.5 Å². The molecule has 0 unspecified atom stereocenters. The Hall–Kier alpha value is -4.60. The fourth-order valence-corrected chi connectivity index (χ4v) is 8.22. The van der Waals surface area contributed by atoms with Crippen molar-refractivity contribution < 1.29 is 29.3 Å². The van der Waals surface area contributed by atoms with E-state index < -0.39 is 6.10 Å². The molecular weight excluding hydrogens is 739 g/mol. The molecular formula is C44H59N7O7. The number of aliphatic hydroxyl groups is 1. The van der Waals surface area contributed by atoms with E-state index in [4.69, 9.17) is 9.47 Å². The molecule has 2 amide bonds.